The lowest BCUT2D eigenvalue weighted by molar-refractivity contribution is 0.0998. The van der Waals surface area contributed by atoms with Gasteiger partial charge in [-0.1, -0.05) is 42.5 Å². The molecule has 0 aliphatic carbocycles. The van der Waals surface area contributed by atoms with Gasteiger partial charge in [-0.15, -0.1) is 0 Å². The van der Waals surface area contributed by atoms with Crippen molar-refractivity contribution in [1.82, 2.24) is 0 Å². The lowest BCUT2D eigenvalue weighted by Gasteiger charge is -2.09. The van der Waals surface area contributed by atoms with Gasteiger partial charge in [-0.05, 0) is 36.6 Å². The second-order valence-electron chi connectivity index (χ2n) is 4.63. The van der Waals surface area contributed by atoms with Crippen LogP contribution >= 0.6 is 0 Å². The van der Waals surface area contributed by atoms with Gasteiger partial charge in [-0.3, -0.25) is 0 Å². The first-order valence-corrected chi connectivity index (χ1v) is 6.61. The number of aryl methyl sites for hydroxylation is 1. The predicted octanol–water partition coefficient (Wildman–Crippen LogP) is 4.06. The van der Waals surface area contributed by atoms with Crippen LogP contribution < -0.4 is 4.74 Å². The van der Waals surface area contributed by atoms with E-state index in [0.29, 0.717) is 18.8 Å². The SMILES string of the molecule is Cc1cccc(OC(=O)OCCc2ccccc2)c1C. The molecule has 104 valence electrons. The maximum absolute atomic E-state index is 11.6. The Morgan fingerprint density at radius 3 is 2.50 bits per heavy atom. The molecule has 2 aromatic carbocycles. The Morgan fingerprint density at radius 2 is 1.75 bits per heavy atom. The number of benzene rings is 2. The average molecular weight is 270 g/mol. The molecule has 2 rings (SSSR count). The number of rotatable bonds is 4. The van der Waals surface area contributed by atoms with Crippen molar-refractivity contribution in [2.75, 3.05) is 6.61 Å². The highest BCUT2D eigenvalue weighted by Gasteiger charge is 2.09. The zero-order chi connectivity index (χ0) is 14.4. The summed E-state index contributed by atoms with van der Waals surface area (Å²) in [5.74, 6) is 0.551. The maximum atomic E-state index is 11.6. The molecule has 0 saturated heterocycles. The minimum atomic E-state index is -0.658. The summed E-state index contributed by atoms with van der Waals surface area (Å²) in [7, 11) is 0. The Morgan fingerprint density at radius 1 is 1.00 bits per heavy atom. The van der Waals surface area contributed by atoms with Crippen LogP contribution in [-0.4, -0.2) is 12.8 Å². The summed E-state index contributed by atoms with van der Waals surface area (Å²) in [5, 5.41) is 0. The fraction of sp³-hybridized carbons (Fsp3) is 0.235. The first kappa shape index (κ1) is 14.1. The fourth-order valence-corrected chi connectivity index (χ4v) is 1.85. The number of carbonyl (C=O) groups excluding carboxylic acids is 1. The number of carbonyl (C=O) groups is 1. The summed E-state index contributed by atoms with van der Waals surface area (Å²) >= 11 is 0. The van der Waals surface area contributed by atoms with Crippen molar-refractivity contribution >= 4 is 6.16 Å². The van der Waals surface area contributed by atoms with E-state index in [2.05, 4.69) is 0 Å². The van der Waals surface area contributed by atoms with Gasteiger partial charge in [0.15, 0.2) is 0 Å². The van der Waals surface area contributed by atoms with E-state index in [9.17, 15) is 4.79 Å². The van der Waals surface area contributed by atoms with Crippen molar-refractivity contribution in [3.63, 3.8) is 0 Å². The third kappa shape index (κ3) is 3.85. The molecule has 0 amide bonds. The maximum Gasteiger partial charge on any atom is 0.513 e. The Hall–Kier alpha value is -2.29. The Bertz CT molecular complexity index is 576. The quantitative estimate of drug-likeness (QED) is 0.620. The van der Waals surface area contributed by atoms with Crippen molar-refractivity contribution in [1.29, 1.82) is 0 Å². The summed E-state index contributed by atoms with van der Waals surface area (Å²) in [5.41, 5.74) is 3.17. The number of hydrogen-bond acceptors (Lipinski definition) is 3. The van der Waals surface area contributed by atoms with Crippen molar-refractivity contribution in [2.45, 2.75) is 20.3 Å². The van der Waals surface area contributed by atoms with E-state index in [1.54, 1.807) is 6.07 Å². The van der Waals surface area contributed by atoms with E-state index < -0.39 is 6.16 Å². The Kier molecular flexibility index (Phi) is 4.77. The van der Waals surface area contributed by atoms with Crippen LogP contribution in [-0.2, 0) is 11.2 Å². The summed E-state index contributed by atoms with van der Waals surface area (Å²) in [4.78, 5) is 11.6. The number of ether oxygens (including phenoxy) is 2. The van der Waals surface area contributed by atoms with E-state index >= 15 is 0 Å². The summed E-state index contributed by atoms with van der Waals surface area (Å²) < 4.78 is 10.3. The smallest absolute Gasteiger partial charge is 0.434 e. The minimum Gasteiger partial charge on any atom is -0.434 e. The summed E-state index contributed by atoms with van der Waals surface area (Å²) in [6, 6.07) is 15.5. The van der Waals surface area contributed by atoms with Crippen LogP contribution in [0.3, 0.4) is 0 Å². The van der Waals surface area contributed by atoms with Crippen molar-refractivity contribution in [2.24, 2.45) is 0 Å². The highest BCUT2D eigenvalue weighted by atomic mass is 16.7. The molecule has 0 spiro atoms. The zero-order valence-corrected chi connectivity index (χ0v) is 11.8. The van der Waals surface area contributed by atoms with Gasteiger partial charge in [0, 0.05) is 6.42 Å². The van der Waals surface area contributed by atoms with Crippen LogP contribution in [0.5, 0.6) is 5.75 Å². The van der Waals surface area contributed by atoms with Gasteiger partial charge in [-0.25, -0.2) is 4.79 Å². The lowest BCUT2D eigenvalue weighted by atomic mass is 10.1. The molecule has 0 radical (unpaired) electrons. The molecule has 0 unspecified atom stereocenters. The van der Waals surface area contributed by atoms with E-state index in [1.807, 2.05) is 56.3 Å². The third-order valence-corrected chi connectivity index (χ3v) is 3.20. The topological polar surface area (TPSA) is 35.5 Å². The minimum absolute atomic E-state index is 0.313. The highest BCUT2D eigenvalue weighted by Crippen LogP contribution is 2.20. The van der Waals surface area contributed by atoms with E-state index in [1.165, 1.54) is 0 Å². The standard InChI is InChI=1S/C17H18O3/c1-13-7-6-10-16(14(13)2)20-17(18)19-12-11-15-8-4-3-5-9-15/h3-10H,11-12H2,1-2H3. The second-order valence-corrected chi connectivity index (χ2v) is 4.63. The van der Waals surface area contributed by atoms with Crippen molar-refractivity contribution < 1.29 is 14.3 Å². The Labute approximate surface area is 119 Å². The molecule has 0 atom stereocenters. The second kappa shape index (κ2) is 6.75. The zero-order valence-electron chi connectivity index (χ0n) is 11.8. The highest BCUT2D eigenvalue weighted by molar-refractivity contribution is 5.64. The van der Waals surface area contributed by atoms with Crippen LogP contribution in [0.2, 0.25) is 0 Å². The van der Waals surface area contributed by atoms with E-state index in [-0.39, 0.29) is 0 Å². The monoisotopic (exact) mass is 270 g/mol. The van der Waals surface area contributed by atoms with Gasteiger partial charge in [0.2, 0.25) is 0 Å². The normalized spacial score (nSPS) is 10.1. The average Bonchev–Trinajstić information content (AvgIpc) is 2.45. The van der Waals surface area contributed by atoms with Crippen LogP contribution in [0.4, 0.5) is 4.79 Å². The molecular formula is C17H18O3. The predicted molar refractivity (Wildman–Crippen MR) is 78.0 cm³/mol. The molecule has 3 heteroatoms. The fourth-order valence-electron chi connectivity index (χ4n) is 1.85. The molecule has 3 nitrogen and oxygen atoms in total. The van der Waals surface area contributed by atoms with Gasteiger partial charge >= 0.3 is 6.16 Å². The molecule has 0 saturated carbocycles. The van der Waals surface area contributed by atoms with E-state index in [0.717, 1.165) is 16.7 Å². The lowest BCUT2D eigenvalue weighted by Crippen LogP contribution is -2.13. The molecule has 0 bridgehead atoms. The largest absolute Gasteiger partial charge is 0.513 e. The molecule has 0 fully saturated rings. The van der Waals surface area contributed by atoms with Crippen LogP contribution in [0.25, 0.3) is 0 Å². The molecule has 20 heavy (non-hydrogen) atoms. The molecule has 2 aromatic rings. The van der Waals surface area contributed by atoms with Gasteiger partial charge in [0.25, 0.3) is 0 Å². The molecule has 0 aliphatic rings. The van der Waals surface area contributed by atoms with Gasteiger partial charge in [0.1, 0.15) is 5.75 Å². The first-order valence-electron chi connectivity index (χ1n) is 6.61. The summed E-state index contributed by atoms with van der Waals surface area (Å²) in [6.45, 7) is 4.21. The van der Waals surface area contributed by atoms with E-state index in [4.69, 9.17) is 9.47 Å². The first-order chi connectivity index (χ1) is 9.66. The molecule has 0 heterocycles. The van der Waals surface area contributed by atoms with Gasteiger partial charge in [-0.2, -0.15) is 0 Å². The summed E-state index contributed by atoms with van der Waals surface area (Å²) in [6.07, 6.45) is 0.0255. The molecule has 0 N–H and O–H groups in total. The number of hydrogen-bond donors (Lipinski definition) is 0. The van der Waals surface area contributed by atoms with Crippen LogP contribution in [0.1, 0.15) is 16.7 Å². The van der Waals surface area contributed by atoms with Crippen LogP contribution in [0.15, 0.2) is 48.5 Å². The van der Waals surface area contributed by atoms with Gasteiger partial charge in [0.05, 0.1) is 6.61 Å². The van der Waals surface area contributed by atoms with Crippen molar-refractivity contribution in [3.05, 3.63) is 65.2 Å². The molecular weight excluding hydrogens is 252 g/mol. The van der Waals surface area contributed by atoms with Crippen LogP contribution in [0, 0.1) is 13.8 Å². The Balaban J connectivity index is 1.82. The molecule has 0 aliphatic heterocycles. The van der Waals surface area contributed by atoms with Crippen molar-refractivity contribution in [3.8, 4) is 5.75 Å². The molecule has 0 aromatic heterocycles. The third-order valence-electron chi connectivity index (χ3n) is 3.20. The van der Waals surface area contributed by atoms with Gasteiger partial charge < -0.3 is 9.47 Å².